The van der Waals surface area contributed by atoms with Gasteiger partial charge in [0.05, 0.1) is 13.7 Å². The van der Waals surface area contributed by atoms with E-state index in [4.69, 9.17) is 14.0 Å². The maximum Gasteiger partial charge on any atom is 0.344 e. The zero-order valence-corrected chi connectivity index (χ0v) is 14.6. The second-order valence-electron chi connectivity index (χ2n) is 5.68. The lowest BCUT2D eigenvalue weighted by molar-refractivity contribution is 0.0525. The molecule has 1 saturated heterocycles. The minimum atomic E-state index is -0.518. The number of ether oxygens (including phenoxy) is 2. The van der Waals surface area contributed by atoms with Crippen LogP contribution in [0.5, 0.6) is 6.01 Å². The summed E-state index contributed by atoms with van der Waals surface area (Å²) in [7, 11) is 1.49. The molecule has 3 rings (SSSR count). The van der Waals surface area contributed by atoms with E-state index in [1.54, 1.807) is 13.8 Å². The molecule has 0 radical (unpaired) electrons. The van der Waals surface area contributed by atoms with E-state index in [1.807, 2.05) is 0 Å². The fourth-order valence-electron chi connectivity index (χ4n) is 2.75. The standard InChI is InChI=1S/C16H21N5O4/c1-4-24-14(22)11-10(2)25-20-12(11)13-17-15(19-16(18-13)23-3)21-8-6-5-7-9-21/h4-9H2,1-3H3. The van der Waals surface area contributed by atoms with Crippen LogP contribution in [0.2, 0.25) is 0 Å². The molecule has 0 amide bonds. The highest BCUT2D eigenvalue weighted by molar-refractivity contribution is 5.96. The Kier molecular flexibility index (Phi) is 5.11. The van der Waals surface area contributed by atoms with Crippen LogP contribution in [0, 0.1) is 6.92 Å². The van der Waals surface area contributed by atoms with Crippen LogP contribution in [0.4, 0.5) is 5.95 Å². The number of hydrogen-bond acceptors (Lipinski definition) is 9. The Hall–Kier alpha value is -2.71. The number of carbonyl (C=O) groups excluding carboxylic acids is 1. The van der Waals surface area contributed by atoms with Gasteiger partial charge in [0, 0.05) is 13.1 Å². The number of hydrogen-bond donors (Lipinski definition) is 0. The Morgan fingerprint density at radius 1 is 1.20 bits per heavy atom. The summed E-state index contributed by atoms with van der Waals surface area (Å²) in [5.74, 6) is 0.576. The molecule has 1 fully saturated rings. The first-order chi connectivity index (χ1) is 12.1. The first kappa shape index (κ1) is 17.1. The maximum absolute atomic E-state index is 12.2. The molecule has 0 spiro atoms. The van der Waals surface area contributed by atoms with Gasteiger partial charge in [-0.15, -0.1) is 0 Å². The number of methoxy groups -OCH3 is 1. The number of nitrogens with zero attached hydrogens (tertiary/aromatic N) is 5. The van der Waals surface area contributed by atoms with E-state index in [1.165, 1.54) is 13.5 Å². The highest BCUT2D eigenvalue weighted by Crippen LogP contribution is 2.26. The summed E-state index contributed by atoms with van der Waals surface area (Å²) in [4.78, 5) is 27.3. The van der Waals surface area contributed by atoms with Crippen LogP contribution in [-0.2, 0) is 4.74 Å². The third-order valence-corrected chi connectivity index (χ3v) is 3.98. The number of aryl methyl sites for hydroxylation is 1. The third kappa shape index (κ3) is 3.54. The number of carbonyl (C=O) groups is 1. The lowest BCUT2D eigenvalue weighted by atomic mass is 10.1. The molecule has 2 aromatic heterocycles. The molecular formula is C16H21N5O4. The van der Waals surface area contributed by atoms with Crippen molar-refractivity contribution in [2.75, 3.05) is 31.7 Å². The van der Waals surface area contributed by atoms with Crippen LogP contribution in [0.15, 0.2) is 4.52 Å². The smallest absolute Gasteiger partial charge is 0.344 e. The molecule has 2 aromatic rings. The third-order valence-electron chi connectivity index (χ3n) is 3.98. The van der Waals surface area contributed by atoms with Gasteiger partial charge in [-0.1, -0.05) is 5.16 Å². The molecule has 9 nitrogen and oxygen atoms in total. The topological polar surface area (TPSA) is 103 Å². The Labute approximate surface area is 145 Å². The average molecular weight is 347 g/mol. The molecule has 0 aliphatic carbocycles. The van der Waals surface area contributed by atoms with Crippen LogP contribution in [-0.4, -0.2) is 52.9 Å². The molecule has 0 N–H and O–H groups in total. The Balaban J connectivity index is 2.03. The molecule has 134 valence electrons. The Morgan fingerprint density at radius 3 is 2.64 bits per heavy atom. The van der Waals surface area contributed by atoms with Crippen LogP contribution in [0.3, 0.4) is 0 Å². The minimum Gasteiger partial charge on any atom is -0.467 e. The van der Waals surface area contributed by atoms with E-state index in [-0.39, 0.29) is 29.7 Å². The van der Waals surface area contributed by atoms with Gasteiger partial charge >= 0.3 is 12.0 Å². The SMILES string of the molecule is CCOC(=O)c1c(-c2nc(OC)nc(N3CCCCC3)n2)noc1C. The van der Waals surface area contributed by atoms with Gasteiger partial charge in [-0.3, -0.25) is 0 Å². The summed E-state index contributed by atoms with van der Waals surface area (Å²) in [6.07, 6.45) is 3.36. The van der Waals surface area contributed by atoms with E-state index >= 15 is 0 Å². The van der Waals surface area contributed by atoms with Crippen molar-refractivity contribution in [2.45, 2.75) is 33.1 Å². The van der Waals surface area contributed by atoms with Gasteiger partial charge < -0.3 is 18.9 Å². The summed E-state index contributed by atoms with van der Waals surface area (Å²) >= 11 is 0. The van der Waals surface area contributed by atoms with Crippen molar-refractivity contribution >= 4 is 11.9 Å². The van der Waals surface area contributed by atoms with Crippen molar-refractivity contribution in [3.8, 4) is 17.5 Å². The summed E-state index contributed by atoms with van der Waals surface area (Å²) in [5, 5.41) is 3.95. The molecule has 3 heterocycles. The van der Waals surface area contributed by atoms with Crippen LogP contribution >= 0.6 is 0 Å². The van der Waals surface area contributed by atoms with Crippen molar-refractivity contribution in [1.82, 2.24) is 20.1 Å². The molecule has 0 unspecified atom stereocenters. The predicted molar refractivity (Wildman–Crippen MR) is 88.6 cm³/mol. The molecule has 0 atom stereocenters. The fourth-order valence-corrected chi connectivity index (χ4v) is 2.75. The lowest BCUT2D eigenvalue weighted by Gasteiger charge is -2.26. The van der Waals surface area contributed by atoms with Gasteiger partial charge in [-0.05, 0) is 33.1 Å². The number of esters is 1. The summed E-state index contributed by atoms with van der Waals surface area (Å²) < 4.78 is 15.5. The lowest BCUT2D eigenvalue weighted by Crippen LogP contribution is -2.31. The van der Waals surface area contributed by atoms with Gasteiger partial charge in [-0.25, -0.2) is 4.79 Å². The molecule has 0 aromatic carbocycles. The zero-order valence-electron chi connectivity index (χ0n) is 14.6. The molecule has 0 bridgehead atoms. The van der Waals surface area contributed by atoms with Crippen LogP contribution in [0.25, 0.3) is 11.5 Å². The number of piperidine rings is 1. The van der Waals surface area contributed by atoms with Crippen molar-refractivity contribution in [3.05, 3.63) is 11.3 Å². The van der Waals surface area contributed by atoms with Crippen LogP contribution in [0.1, 0.15) is 42.3 Å². The largest absolute Gasteiger partial charge is 0.467 e. The van der Waals surface area contributed by atoms with Crippen molar-refractivity contribution in [2.24, 2.45) is 0 Å². The molecule has 25 heavy (non-hydrogen) atoms. The number of rotatable bonds is 5. The van der Waals surface area contributed by atoms with E-state index in [9.17, 15) is 4.79 Å². The summed E-state index contributed by atoms with van der Waals surface area (Å²) in [6.45, 7) is 5.38. The summed E-state index contributed by atoms with van der Waals surface area (Å²) in [5.41, 5.74) is 0.453. The Morgan fingerprint density at radius 2 is 1.96 bits per heavy atom. The van der Waals surface area contributed by atoms with Crippen molar-refractivity contribution in [1.29, 1.82) is 0 Å². The normalized spacial score (nSPS) is 14.4. The minimum absolute atomic E-state index is 0.168. The highest BCUT2D eigenvalue weighted by atomic mass is 16.5. The van der Waals surface area contributed by atoms with Gasteiger partial charge in [0.1, 0.15) is 11.3 Å². The quantitative estimate of drug-likeness (QED) is 0.751. The molecule has 1 aliphatic rings. The fraction of sp³-hybridized carbons (Fsp3) is 0.562. The highest BCUT2D eigenvalue weighted by Gasteiger charge is 2.26. The van der Waals surface area contributed by atoms with Gasteiger partial charge in [0.15, 0.2) is 11.5 Å². The second-order valence-corrected chi connectivity index (χ2v) is 5.68. The number of aromatic nitrogens is 4. The maximum atomic E-state index is 12.2. The van der Waals surface area contributed by atoms with Crippen molar-refractivity contribution < 1.29 is 18.8 Å². The first-order valence-corrected chi connectivity index (χ1v) is 8.32. The monoisotopic (exact) mass is 347 g/mol. The molecule has 9 heteroatoms. The molecule has 0 saturated carbocycles. The van der Waals surface area contributed by atoms with Crippen LogP contribution < -0.4 is 9.64 Å². The van der Waals surface area contributed by atoms with E-state index in [0.29, 0.717) is 11.7 Å². The Bertz CT molecular complexity index is 755. The van der Waals surface area contributed by atoms with Crippen molar-refractivity contribution in [3.63, 3.8) is 0 Å². The average Bonchev–Trinajstić information content (AvgIpc) is 3.04. The second kappa shape index (κ2) is 7.45. The van der Waals surface area contributed by atoms with E-state index in [0.717, 1.165) is 25.9 Å². The van der Waals surface area contributed by atoms with E-state index in [2.05, 4.69) is 25.0 Å². The van der Waals surface area contributed by atoms with Gasteiger partial charge in [0.2, 0.25) is 5.95 Å². The van der Waals surface area contributed by atoms with Gasteiger partial charge in [-0.2, -0.15) is 15.0 Å². The van der Waals surface area contributed by atoms with E-state index < -0.39 is 5.97 Å². The number of anilines is 1. The molecular weight excluding hydrogens is 326 g/mol. The predicted octanol–water partition coefficient (Wildman–Crippen LogP) is 2.01. The zero-order chi connectivity index (χ0) is 17.8. The first-order valence-electron chi connectivity index (χ1n) is 8.32. The molecule has 1 aliphatic heterocycles. The van der Waals surface area contributed by atoms with Gasteiger partial charge in [0.25, 0.3) is 0 Å². The summed E-state index contributed by atoms with van der Waals surface area (Å²) in [6, 6.07) is 0.168.